The zero-order chi connectivity index (χ0) is 72.9. The SMILES string of the molecule is c1ccc(-c2ccccc2-c2ccc(N(c3cc(-c4ccc5ccccc5c4)cc(-c4ccccc4-c4cccc(-c5ccc(N(c6cccc(-c7ccc8ccccc8c7)c6)c6cccc(-c7cc8ccccc8c8ccccc78)c6)cc5)c4)c3)c3cccc(-c4cc5ccccc5c5ccccc45)c3)cc2)cc1. The van der Waals surface area contributed by atoms with Gasteiger partial charge >= 0.3 is 0 Å². The number of benzene rings is 20. The lowest BCUT2D eigenvalue weighted by Crippen LogP contribution is -2.10. The summed E-state index contributed by atoms with van der Waals surface area (Å²) in [5.41, 5.74) is 27.1. The Labute approximate surface area is 641 Å². The highest BCUT2D eigenvalue weighted by molar-refractivity contribution is 6.15. The van der Waals surface area contributed by atoms with Gasteiger partial charge in [-0.05, 0) is 274 Å². The number of rotatable bonds is 15. The fourth-order valence-corrected chi connectivity index (χ4v) is 16.8. The third kappa shape index (κ3) is 12.3. The number of hydrogen-bond acceptors (Lipinski definition) is 2. The molecule has 0 aromatic heterocycles. The molecular weight excluding hydrogens is 1330 g/mol. The van der Waals surface area contributed by atoms with Gasteiger partial charge in [0.1, 0.15) is 0 Å². The van der Waals surface area contributed by atoms with Crippen molar-refractivity contribution in [2.24, 2.45) is 0 Å². The lowest BCUT2D eigenvalue weighted by molar-refractivity contribution is 1.28. The molecule has 0 unspecified atom stereocenters. The molecule has 0 saturated carbocycles. The fourth-order valence-electron chi connectivity index (χ4n) is 16.8. The Balaban J connectivity index is 0.710. The molecule has 0 aliphatic carbocycles. The Morgan fingerprint density at radius 1 is 0.109 bits per heavy atom. The maximum Gasteiger partial charge on any atom is 0.0473 e. The first-order valence-electron chi connectivity index (χ1n) is 37.9. The number of hydrogen-bond donors (Lipinski definition) is 0. The average molecular weight is 1400 g/mol. The van der Waals surface area contributed by atoms with Gasteiger partial charge in [-0.1, -0.05) is 328 Å². The van der Waals surface area contributed by atoms with Crippen LogP contribution in [0.15, 0.2) is 437 Å². The molecule has 0 aliphatic rings. The van der Waals surface area contributed by atoms with Crippen LogP contribution in [0.1, 0.15) is 0 Å². The summed E-state index contributed by atoms with van der Waals surface area (Å²) in [6.07, 6.45) is 0. The van der Waals surface area contributed by atoms with E-state index in [0.29, 0.717) is 0 Å². The van der Waals surface area contributed by atoms with E-state index < -0.39 is 0 Å². The highest BCUT2D eigenvalue weighted by Gasteiger charge is 2.22. The van der Waals surface area contributed by atoms with Crippen LogP contribution in [0.5, 0.6) is 0 Å². The first-order chi connectivity index (χ1) is 54.5. The molecule has 0 spiro atoms. The Morgan fingerprint density at radius 3 is 0.927 bits per heavy atom. The van der Waals surface area contributed by atoms with Gasteiger partial charge in [-0.15, -0.1) is 0 Å². The third-order valence-corrected chi connectivity index (χ3v) is 22.1. The van der Waals surface area contributed by atoms with Crippen molar-refractivity contribution in [3.63, 3.8) is 0 Å². The Bertz CT molecular complexity index is 6910. The van der Waals surface area contributed by atoms with Gasteiger partial charge in [0.25, 0.3) is 0 Å². The van der Waals surface area contributed by atoms with Crippen LogP contribution in [0.25, 0.3) is 165 Å². The van der Waals surface area contributed by atoms with Gasteiger partial charge in [0.15, 0.2) is 0 Å². The lowest BCUT2D eigenvalue weighted by Gasteiger charge is -2.28. The fraction of sp³-hybridized carbons (Fsp3) is 0. The van der Waals surface area contributed by atoms with E-state index in [0.717, 1.165) is 101 Å². The molecule has 20 aromatic rings. The normalized spacial score (nSPS) is 11.5. The van der Waals surface area contributed by atoms with Crippen LogP contribution in [0.4, 0.5) is 34.1 Å². The predicted octanol–water partition coefficient (Wildman–Crippen LogP) is 30.5. The number of nitrogens with zero attached hydrogens (tertiary/aromatic N) is 2. The van der Waals surface area contributed by atoms with E-state index in [-0.39, 0.29) is 0 Å². The second-order valence-corrected chi connectivity index (χ2v) is 28.7. The molecule has 0 aliphatic heterocycles. The van der Waals surface area contributed by atoms with Gasteiger partial charge in [0, 0.05) is 34.1 Å². The maximum atomic E-state index is 2.46. The van der Waals surface area contributed by atoms with Crippen molar-refractivity contribution in [2.75, 3.05) is 9.80 Å². The smallest absolute Gasteiger partial charge is 0.0473 e. The predicted molar refractivity (Wildman–Crippen MR) is 470 cm³/mol. The molecule has 0 fully saturated rings. The molecule has 0 amide bonds. The van der Waals surface area contributed by atoms with E-state index in [1.54, 1.807) is 0 Å². The minimum Gasteiger partial charge on any atom is -0.310 e. The van der Waals surface area contributed by atoms with Gasteiger partial charge in [-0.2, -0.15) is 0 Å². The third-order valence-electron chi connectivity index (χ3n) is 22.1. The highest BCUT2D eigenvalue weighted by Crippen LogP contribution is 2.48. The number of fused-ring (bicyclic) bond motifs is 8. The lowest BCUT2D eigenvalue weighted by atomic mass is 9.90. The standard InChI is InChI=1S/C108H72N2/c1-2-26-76(27-3-1)97-40-12-13-41-98(97)77-56-60-92(61-57-77)110(95-39-23-36-86(68-95)108-72-88-31-9-11-44-101(88)104-47-17-19-49-106(104)108)96-69-89(83-53-51-74-25-5-7-29-79(74)63-83)65-90(70-96)102-45-15-14-42-99(102)84-34-20-32-80(64-84)75-54-58-91(59-55-75)109(93-37-21-33-81(66-93)82-52-50-73-24-4-6-28-78(73)62-82)94-38-22-35-85(67-94)107-71-87-30-8-10-43-100(87)103-46-16-18-48-105(103)107/h1-72H. The van der Waals surface area contributed by atoms with Gasteiger partial charge in [-0.3, -0.25) is 0 Å². The van der Waals surface area contributed by atoms with E-state index in [2.05, 4.69) is 447 Å². The summed E-state index contributed by atoms with van der Waals surface area (Å²) in [5, 5.41) is 14.7. The molecule has 0 radical (unpaired) electrons. The van der Waals surface area contributed by atoms with Crippen molar-refractivity contribution >= 4 is 98.8 Å². The van der Waals surface area contributed by atoms with Crippen LogP contribution in [0, 0.1) is 0 Å². The van der Waals surface area contributed by atoms with Crippen molar-refractivity contribution in [1.82, 2.24) is 0 Å². The molecule has 0 saturated heterocycles. The van der Waals surface area contributed by atoms with E-state index in [1.807, 2.05) is 0 Å². The zero-order valence-electron chi connectivity index (χ0n) is 60.5. The highest BCUT2D eigenvalue weighted by atomic mass is 15.1. The zero-order valence-corrected chi connectivity index (χ0v) is 60.5. The van der Waals surface area contributed by atoms with E-state index in [1.165, 1.54) is 98.0 Å². The van der Waals surface area contributed by atoms with Crippen molar-refractivity contribution in [2.45, 2.75) is 0 Å². The Morgan fingerprint density at radius 2 is 0.409 bits per heavy atom. The first kappa shape index (κ1) is 65.1. The summed E-state index contributed by atoms with van der Waals surface area (Å²) in [7, 11) is 0. The molecule has 2 heteroatoms. The molecule has 0 heterocycles. The van der Waals surface area contributed by atoms with Crippen molar-refractivity contribution in [1.29, 1.82) is 0 Å². The largest absolute Gasteiger partial charge is 0.310 e. The van der Waals surface area contributed by atoms with Crippen LogP contribution in [-0.2, 0) is 0 Å². The molecule has 2 nitrogen and oxygen atoms in total. The summed E-state index contributed by atoms with van der Waals surface area (Å²) in [6, 6.07) is 161. The number of anilines is 6. The van der Waals surface area contributed by atoms with E-state index in [9.17, 15) is 0 Å². The molecule has 110 heavy (non-hydrogen) atoms. The van der Waals surface area contributed by atoms with Crippen LogP contribution in [0.2, 0.25) is 0 Å². The van der Waals surface area contributed by atoms with Gasteiger partial charge < -0.3 is 9.80 Å². The molecule has 0 N–H and O–H groups in total. The minimum atomic E-state index is 1.04. The van der Waals surface area contributed by atoms with Crippen LogP contribution in [-0.4, -0.2) is 0 Å². The second-order valence-electron chi connectivity index (χ2n) is 28.7. The minimum absolute atomic E-state index is 1.04. The quantitative estimate of drug-likeness (QED) is 0.0944. The monoisotopic (exact) mass is 1400 g/mol. The van der Waals surface area contributed by atoms with Gasteiger partial charge in [0.2, 0.25) is 0 Å². The Hall–Kier alpha value is -14.4. The molecule has 0 bridgehead atoms. The first-order valence-corrected chi connectivity index (χ1v) is 37.9. The van der Waals surface area contributed by atoms with Gasteiger partial charge in [-0.25, -0.2) is 0 Å². The second kappa shape index (κ2) is 28.1. The summed E-state index contributed by atoms with van der Waals surface area (Å²) >= 11 is 0. The topological polar surface area (TPSA) is 6.48 Å². The van der Waals surface area contributed by atoms with Gasteiger partial charge in [0.05, 0.1) is 0 Å². The summed E-state index contributed by atoms with van der Waals surface area (Å²) in [4.78, 5) is 4.88. The molecule has 514 valence electrons. The summed E-state index contributed by atoms with van der Waals surface area (Å²) in [5.74, 6) is 0. The van der Waals surface area contributed by atoms with Crippen molar-refractivity contribution in [3.8, 4) is 100 Å². The van der Waals surface area contributed by atoms with Crippen LogP contribution in [0.3, 0.4) is 0 Å². The summed E-state index contributed by atoms with van der Waals surface area (Å²) in [6.45, 7) is 0. The van der Waals surface area contributed by atoms with Crippen LogP contribution < -0.4 is 9.80 Å². The Kier molecular flexibility index (Phi) is 16.6. The maximum absolute atomic E-state index is 2.46. The van der Waals surface area contributed by atoms with Crippen LogP contribution >= 0.6 is 0 Å². The average Bonchev–Trinajstić information content (AvgIpc) is 0.765. The molecule has 20 rings (SSSR count). The molecule has 0 atom stereocenters. The van der Waals surface area contributed by atoms with Crippen molar-refractivity contribution in [3.05, 3.63) is 437 Å². The molecule has 20 aromatic carbocycles. The van der Waals surface area contributed by atoms with E-state index in [4.69, 9.17) is 0 Å². The van der Waals surface area contributed by atoms with Crippen molar-refractivity contribution < 1.29 is 0 Å². The van der Waals surface area contributed by atoms with E-state index >= 15 is 0 Å². The summed E-state index contributed by atoms with van der Waals surface area (Å²) < 4.78 is 0. The molecular formula is C108H72N2.